The lowest BCUT2D eigenvalue weighted by molar-refractivity contribution is -0.384. The number of anilines is 1. The van der Waals surface area contributed by atoms with E-state index in [1.54, 1.807) is 48.5 Å². The van der Waals surface area contributed by atoms with E-state index in [9.17, 15) is 23.3 Å². The molecule has 0 spiro atoms. The summed E-state index contributed by atoms with van der Waals surface area (Å²) in [6, 6.07) is 18.7. The van der Waals surface area contributed by atoms with Gasteiger partial charge in [0.1, 0.15) is 0 Å². The van der Waals surface area contributed by atoms with Gasteiger partial charge in [-0.25, -0.2) is 8.61 Å². The molecule has 0 saturated heterocycles. The summed E-state index contributed by atoms with van der Waals surface area (Å²) in [5.41, 5.74) is 1.43. The van der Waals surface area contributed by atoms with E-state index < -0.39 is 21.0 Å². The van der Waals surface area contributed by atoms with E-state index in [1.165, 1.54) is 24.3 Å². The number of hydrogen-bond acceptors (Lipinski definition) is 5. The maximum absolute atomic E-state index is 13.5. The van der Waals surface area contributed by atoms with E-state index in [1.807, 2.05) is 0 Å². The van der Waals surface area contributed by atoms with Crippen LogP contribution in [0.25, 0.3) is 0 Å². The molecule has 3 aromatic rings. The van der Waals surface area contributed by atoms with Gasteiger partial charge in [0.05, 0.1) is 29.3 Å². The first kappa shape index (κ1) is 20.8. The molecule has 0 N–H and O–H groups in total. The average Bonchev–Trinajstić information content (AvgIpc) is 2.76. The van der Waals surface area contributed by atoms with E-state index in [-0.39, 0.29) is 30.0 Å². The normalized spacial score (nSPS) is 14.9. The number of amides is 1. The van der Waals surface area contributed by atoms with E-state index >= 15 is 0 Å². The van der Waals surface area contributed by atoms with E-state index in [0.717, 1.165) is 8.61 Å². The molecule has 0 aromatic heterocycles. The molecule has 158 valence electrons. The van der Waals surface area contributed by atoms with E-state index in [0.29, 0.717) is 16.1 Å². The number of nitrogens with zero attached hydrogens (tertiary/aromatic N) is 3. The quantitative estimate of drug-likeness (QED) is 0.423. The monoisotopic (exact) mass is 457 g/mol. The van der Waals surface area contributed by atoms with Crippen molar-refractivity contribution in [3.63, 3.8) is 0 Å². The van der Waals surface area contributed by atoms with Crippen LogP contribution in [0.4, 0.5) is 11.4 Å². The summed E-state index contributed by atoms with van der Waals surface area (Å²) in [6.07, 6.45) is 0. The molecule has 0 bridgehead atoms. The highest BCUT2D eigenvalue weighted by Gasteiger charge is 2.41. The molecule has 10 heteroatoms. The number of nitro groups is 1. The Morgan fingerprint density at radius 1 is 0.871 bits per heavy atom. The molecule has 0 saturated carbocycles. The van der Waals surface area contributed by atoms with Crippen molar-refractivity contribution in [1.29, 1.82) is 0 Å². The van der Waals surface area contributed by atoms with Crippen LogP contribution >= 0.6 is 11.6 Å². The second-order valence-corrected chi connectivity index (χ2v) is 9.04. The minimum atomic E-state index is -4.24. The zero-order chi connectivity index (χ0) is 22.2. The molecule has 0 unspecified atom stereocenters. The summed E-state index contributed by atoms with van der Waals surface area (Å²) in [7, 11) is -4.24. The van der Waals surface area contributed by atoms with Crippen LogP contribution in [-0.4, -0.2) is 23.6 Å². The summed E-state index contributed by atoms with van der Waals surface area (Å²) >= 11 is 6.19. The second-order valence-electron chi connectivity index (χ2n) is 6.86. The third-order valence-corrected chi connectivity index (χ3v) is 7.04. The summed E-state index contributed by atoms with van der Waals surface area (Å²) in [6.45, 7) is -0.310. The topological polar surface area (TPSA) is 101 Å². The molecule has 1 aliphatic rings. The lowest BCUT2D eigenvalue weighted by Crippen LogP contribution is -2.50. The number of carbonyl (C=O) groups excluding carboxylic acids is 1. The Hall–Kier alpha value is -3.43. The van der Waals surface area contributed by atoms with Crippen LogP contribution in [0.15, 0.2) is 72.8 Å². The van der Waals surface area contributed by atoms with Gasteiger partial charge in [0.2, 0.25) is 0 Å². The molecule has 0 radical (unpaired) electrons. The van der Waals surface area contributed by atoms with Crippen molar-refractivity contribution in [1.82, 2.24) is 4.31 Å². The van der Waals surface area contributed by atoms with Crippen LogP contribution < -0.4 is 4.31 Å². The van der Waals surface area contributed by atoms with Crippen LogP contribution in [-0.2, 0) is 23.3 Å². The Labute approximate surface area is 183 Å². The van der Waals surface area contributed by atoms with Crippen molar-refractivity contribution in [2.45, 2.75) is 13.1 Å². The highest BCUT2D eigenvalue weighted by atomic mass is 35.5. The fourth-order valence-electron chi connectivity index (χ4n) is 3.34. The van der Waals surface area contributed by atoms with Crippen LogP contribution in [0.2, 0.25) is 5.02 Å². The van der Waals surface area contributed by atoms with Crippen molar-refractivity contribution >= 4 is 39.1 Å². The Morgan fingerprint density at radius 3 is 2.19 bits per heavy atom. The first-order valence-electron chi connectivity index (χ1n) is 9.19. The summed E-state index contributed by atoms with van der Waals surface area (Å²) in [5, 5.41) is 11.2. The smallest absolute Gasteiger partial charge is 0.268 e. The molecule has 0 aliphatic carbocycles. The molecular weight excluding hydrogens is 442 g/mol. The van der Waals surface area contributed by atoms with E-state index in [2.05, 4.69) is 0 Å². The molecule has 1 amide bonds. The third kappa shape index (κ3) is 3.85. The maximum atomic E-state index is 13.5. The zero-order valence-electron chi connectivity index (χ0n) is 16.0. The van der Waals surface area contributed by atoms with Gasteiger partial charge in [0, 0.05) is 17.2 Å². The number of fused-ring (bicyclic) bond motifs is 1. The van der Waals surface area contributed by atoms with Gasteiger partial charge in [-0.2, -0.15) is 8.42 Å². The minimum Gasteiger partial charge on any atom is -0.268 e. The van der Waals surface area contributed by atoms with Crippen LogP contribution in [0.5, 0.6) is 0 Å². The number of benzene rings is 3. The summed E-state index contributed by atoms with van der Waals surface area (Å²) in [5.74, 6) is -0.643. The lowest BCUT2D eigenvalue weighted by Gasteiger charge is -2.37. The minimum absolute atomic E-state index is 0.0936. The molecular formula is C21H16ClN3O5S. The van der Waals surface area contributed by atoms with Gasteiger partial charge >= 0.3 is 10.2 Å². The summed E-state index contributed by atoms with van der Waals surface area (Å²) < 4.78 is 28.8. The van der Waals surface area contributed by atoms with Crippen molar-refractivity contribution in [3.8, 4) is 0 Å². The van der Waals surface area contributed by atoms with Gasteiger partial charge < -0.3 is 0 Å². The number of non-ortho nitro benzene ring substituents is 1. The predicted octanol–water partition coefficient (Wildman–Crippen LogP) is 4.16. The SMILES string of the molecule is O=C1c2ccccc2N(Cc2ccc([N+](=O)[O-])cc2)S(=O)(=O)N1Cc1ccccc1Cl. The molecule has 0 fully saturated rings. The van der Waals surface area contributed by atoms with Crippen molar-refractivity contribution in [3.05, 3.63) is 105 Å². The van der Waals surface area contributed by atoms with Gasteiger partial charge in [0.25, 0.3) is 11.6 Å². The van der Waals surface area contributed by atoms with Gasteiger partial charge in [-0.3, -0.25) is 14.9 Å². The molecule has 3 aromatic carbocycles. The third-order valence-electron chi connectivity index (χ3n) is 4.93. The highest BCUT2D eigenvalue weighted by molar-refractivity contribution is 7.91. The predicted molar refractivity (Wildman–Crippen MR) is 116 cm³/mol. The molecule has 1 heterocycles. The zero-order valence-corrected chi connectivity index (χ0v) is 17.6. The number of carbonyl (C=O) groups is 1. The number of para-hydroxylation sites is 1. The number of nitro benzene ring substituents is 1. The molecule has 4 rings (SSSR count). The summed E-state index contributed by atoms with van der Waals surface area (Å²) in [4.78, 5) is 23.4. The van der Waals surface area contributed by atoms with Crippen LogP contribution in [0, 0.1) is 10.1 Å². The lowest BCUT2D eigenvalue weighted by atomic mass is 10.1. The fraction of sp³-hybridized carbons (Fsp3) is 0.0952. The standard InChI is InChI=1S/C21H16ClN3O5S/c22-19-7-3-1-5-16(19)14-24-21(26)18-6-2-4-8-20(18)23(31(24,29)30)13-15-9-11-17(12-10-15)25(27)28/h1-12H,13-14H2. The van der Waals surface area contributed by atoms with Crippen molar-refractivity contribution in [2.75, 3.05) is 4.31 Å². The number of hydrogen-bond donors (Lipinski definition) is 0. The largest absolute Gasteiger partial charge is 0.329 e. The molecule has 31 heavy (non-hydrogen) atoms. The van der Waals surface area contributed by atoms with Crippen LogP contribution in [0.1, 0.15) is 21.5 Å². The number of halogens is 1. The van der Waals surface area contributed by atoms with Crippen molar-refractivity contribution < 1.29 is 18.1 Å². The molecule has 0 atom stereocenters. The Morgan fingerprint density at radius 2 is 1.52 bits per heavy atom. The molecule has 1 aliphatic heterocycles. The average molecular weight is 458 g/mol. The van der Waals surface area contributed by atoms with Crippen molar-refractivity contribution in [2.24, 2.45) is 0 Å². The first-order chi connectivity index (χ1) is 14.8. The van der Waals surface area contributed by atoms with E-state index in [4.69, 9.17) is 11.6 Å². The Balaban J connectivity index is 1.76. The number of rotatable bonds is 5. The second kappa shape index (κ2) is 8.01. The van der Waals surface area contributed by atoms with Gasteiger partial charge in [-0.15, -0.1) is 0 Å². The van der Waals surface area contributed by atoms with Gasteiger partial charge in [0.15, 0.2) is 0 Å². The Bertz CT molecular complexity index is 1280. The van der Waals surface area contributed by atoms with Gasteiger partial charge in [-0.05, 0) is 29.3 Å². The van der Waals surface area contributed by atoms with Gasteiger partial charge in [-0.1, -0.05) is 54.1 Å². The molecule has 8 nitrogen and oxygen atoms in total. The highest BCUT2D eigenvalue weighted by Crippen LogP contribution is 2.35. The maximum Gasteiger partial charge on any atom is 0.329 e. The van der Waals surface area contributed by atoms with Crippen LogP contribution in [0.3, 0.4) is 0 Å². The first-order valence-corrected chi connectivity index (χ1v) is 11.0. The fourth-order valence-corrected chi connectivity index (χ4v) is 5.11. The Kier molecular flexibility index (Phi) is 5.38.